The Kier molecular flexibility index (Phi) is 2.54. The summed E-state index contributed by atoms with van der Waals surface area (Å²) in [5.41, 5.74) is 1.08. The fraction of sp³-hybridized carbons (Fsp3) is 0.300. The number of nitrogens with zero attached hydrogens (tertiary/aromatic N) is 2. The Bertz CT molecular complexity index is 476. The van der Waals surface area contributed by atoms with Gasteiger partial charge in [-0.25, -0.2) is 0 Å². The third-order valence-corrected chi connectivity index (χ3v) is 2.88. The lowest BCUT2D eigenvalue weighted by molar-refractivity contribution is 0.551. The topological polar surface area (TPSA) is 17.8 Å². The van der Waals surface area contributed by atoms with E-state index in [0.29, 0.717) is 11.2 Å². The second kappa shape index (κ2) is 3.55. The lowest BCUT2D eigenvalue weighted by Crippen LogP contribution is -2.01. The van der Waals surface area contributed by atoms with Gasteiger partial charge in [0.25, 0.3) is 0 Å². The van der Waals surface area contributed by atoms with Crippen molar-refractivity contribution in [3.63, 3.8) is 0 Å². The molecule has 0 bridgehead atoms. The molecular weight excluding hydrogens is 263 g/mol. The Balaban J connectivity index is 2.77. The van der Waals surface area contributed by atoms with Crippen LogP contribution < -0.4 is 0 Å². The average molecular weight is 274 g/mol. The van der Waals surface area contributed by atoms with Crippen molar-refractivity contribution in [1.29, 1.82) is 0 Å². The van der Waals surface area contributed by atoms with Crippen LogP contribution in [-0.4, -0.2) is 9.78 Å². The molecule has 0 saturated carbocycles. The number of rotatable bonds is 1. The summed E-state index contributed by atoms with van der Waals surface area (Å²) in [6.45, 7) is 4.18. The Morgan fingerprint density at radius 1 is 1.43 bits per heavy atom. The molecule has 4 heteroatoms. The van der Waals surface area contributed by atoms with Gasteiger partial charge >= 0.3 is 0 Å². The maximum atomic E-state index is 6.04. The van der Waals surface area contributed by atoms with E-state index in [1.165, 1.54) is 0 Å². The van der Waals surface area contributed by atoms with Gasteiger partial charge in [-0.3, -0.25) is 4.68 Å². The van der Waals surface area contributed by atoms with E-state index in [1.54, 1.807) is 0 Å². The molecule has 0 atom stereocenters. The number of fused-ring (bicyclic) bond motifs is 1. The lowest BCUT2D eigenvalue weighted by atomic mass is 10.2. The molecule has 0 aliphatic carbocycles. The third-order valence-electron chi connectivity index (χ3n) is 2.11. The van der Waals surface area contributed by atoms with E-state index in [2.05, 4.69) is 34.9 Å². The zero-order valence-electron chi connectivity index (χ0n) is 7.96. The van der Waals surface area contributed by atoms with Crippen molar-refractivity contribution in [2.45, 2.75) is 19.9 Å². The summed E-state index contributed by atoms with van der Waals surface area (Å²) >= 11 is 9.46. The molecule has 0 amide bonds. The first-order chi connectivity index (χ1) is 6.59. The first-order valence-corrected chi connectivity index (χ1v) is 5.60. The number of aromatic nitrogens is 2. The summed E-state index contributed by atoms with van der Waals surface area (Å²) in [4.78, 5) is 0. The highest BCUT2D eigenvalue weighted by atomic mass is 79.9. The summed E-state index contributed by atoms with van der Waals surface area (Å²) in [5.74, 6) is 0. The smallest absolute Gasteiger partial charge is 0.158 e. The SMILES string of the molecule is CC(C)n1nc(Cl)c2cc(Br)ccc21. The van der Waals surface area contributed by atoms with Crippen LogP contribution in [0.1, 0.15) is 19.9 Å². The van der Waals surface area contributed by atoms with Crippen molar-refractivity contribution < 1.29 is 0 Å². The van der Waals surface area contributed by atoms with Crippen LogP contribution in [0.15, 0.2) is 22.7 Å². The highest BCUT2D eigenvalue weighted by molar-refractivity contribution is 9.10. The Morgan fingerprint density at radius 2 is 2.14 bits per heavy atom. The number of benzene rings is 1. The highest BCUT2D eigenvalue weighted by Gasteiger charge is 2.10. The first-order valence-electron chi connectivity index (χ1n) is 4.43. The van der Waals surface area contributed by atoms with Crippen LogP contribution in [0.4, 0.5) is 0 Å². The molecule has 2 nitrogen and oxygen atoms in total. The predicted octanol–water partition coefficient (Wildman–Crippen LogP) is 4.03. The number of hydrogen-bond acceptors (Lipinski definition) is 1. The van der Waals surface area contributed by atoms with Crippen LogP contribution in [0, 0.1) is 0 Å². The van der Waals surface area contributed by atoms with Crippen molar-refractivity contribution in [3.8, 4) is 0 Å². The van der Waals surface area contributed by atoms with Crippen molar-refractivity contribution in [1.82, 2.24) is 9.78 Å². The van der Waals surface area contributed by atoms with Gasteiger partial charge < -0.3 is 0 Å². The fourth-order valence-electron chi connectivity index (χ4n) is 1.47. The second-order valence-corrected chi connectivity index (χ2v) is 4.76. The Labute approximate surface area is 96.0 Å². The molecule has 0 spiro atoms. The molecule has 74 valence electrons. The first kappa shape index (κ1) is 9.99. The Morgan fingerprint density at radius 3 is 2.79 bits per heavy atom. The van der Waals surface area contributed by atoms with E-state index < -0.39 is 0 Å². The minimum atomic E-state index is 0.325. The molecule has 1 aromatic heterocycles. The standard InChI is InChI=1S/C10H10BrClN2/c1-6(2)14-9-4-3-7(11)5-8(9)10(12)13-14/h3-6H,1-2H3. The average Bonchev–Trinajstić information content (AvgIpc) is 2.44. The van der Waals surface area contributed by atoms with E-state index in [0.717, 1.165) is 15.4 Å². The van der Waals surface area contributed by atoms with Crippen molar-refractivity contribution >= 4 is 38.4 Å². The van der Waals surface area contributed by atoms with Crippen LogP contribution in [0.3, 0.4) is 0 Å². The molecule has 2 aromatic rings. The lowest BCUT2D eigenvalue weighted by Gasteiger charge is -2.06. The van der Waals surface area contributed by atoms with Gasteiger partial charge in [0.15, 0.2) is 5.15 Å². The molecule has 0 radical (unpaired) electrons. The highest BCUT2D eigenvalue weighted by Crippen LogP contribution is 2.27. The zero-order chi connectivity index (χ0) is 10.3. The molecule has 0 N–H and O–H groups in total. The quantitative estimate of drug-likeness (QED) is 0.767. The maximum Gasteiger partial charge on any atom is 0.158 e. The third kappa shape index (κ3) is 1.55. The molecule has 0 aliphatic heterocycles. The molecule has 0 fully saturated rings. The summed E-state index contributed by atoms with van der Waals surface area (Å²) in [5, 5.41) is 5.85. The minimum Gasteiger partial charge on any atom is -0.261 e. The summed E-state index contributed by atoms with van der Waals surface area (Å²) < 4.78 is 2.96. The van der Waals surface area contributed by atoms with Crippen LogP contribution in [-0.2, 0) is 0 Å². The molecule has 0 saturated heterocycles. The molecule has 1 heterocycles. The van der Waals surface area contributed by atoms with E-state index in [9.17, 15) is 0 Å². The van der Waals surface area contributed by atoms with Crippen LogP contribution in [0.5, 0.6) is 0 Å². The van der Waals surface area contributed by atoms with E-state index in [-0.39, 0.29) is 0 Å². The van der Waals surface area contributed by atoms with Crippen molar-refractivity contribution in [3.05, 3.63) is 27.8 Å². The fourth-order valence-corrected chi connectivity index (χ4v) is 2.06. The van der Waals surface area contributed by atoms with E-state index >= 15 is 0 Å². The van der Waals surface area contributed by atoms with E-state index in [1.807, 2.05) is 22.9 Å². The molecule has 1 aromatic carbocycles. The molecule has 0 aliphatic rings. The van der Waals surface area contributed by atoms with Gasteiger partial charge in [0, 0.05) is 15.9 Å². The van der Waals surface area contributed by atoms with Gasteiger partial charge in [0.1, 0.15) is 0 Å². The normalized spacial score (nSPS) is 11.5. The molecular formula is C10H10BrClN2. The van der Waals surface area contributed by atoms with Gasteiger partial charge in [-0.2, -0.15) is 5.10 Å². The number of halogens is 2. The van der Waals surface area contributed by atoms with Gasteiger partial charge in [-0.15, -0.1) is 0 Å². The maximum absolute atomic E-state index is 6.04. The van der Waals surface area contributed by atoms with Crippen LogP contribution in [0.2, 0.25) is 5.15 Å². The van der Waals surface area contributed by atoms with Crippen LogP contribution in [0.25, 0.3) is 10.9 Å². The largest absolute Gasteiger partial charge is 0.261 e. The summed E-state index contributed by atoms with van der Waals surface area (Å²) in [6, 6.07) is 6.34. The molecule has 0 unspecified atom stereocenters. The van der Waals surface area contributed by atoms with Crippen molar-refractivity contribution in [2.75, 3.05) is 0 Å². The van der Waals surface area contributed by atoms with Gasteiger partial charge in [0.05, 0.1) is 5.52 Å². The predicted molar refractivity (Wildman–Crippen MR) is 62.8 cm³/mol. The monoisotopic (exact) mass is 272 g/mol. The Hall–Kier alpha value is -0.540. The van der Waals surface area contributed by atoms with Gasteiger partial charge in [-0.1, -0.05) is 27.5 Å². The van der Waals surface area contributed by atoms with Gasteiger partial charge in [0.2, 0.25) is 0 Å². The summed E-state index contributed by atoms with van der Waals surface area (Å²) in [6.07, 6.45) is 0. The zero-order valence-corrected chi connectivity index (χ0v) is 10.3. The van der Waals surface area contributed by atoms with Crippen LogP contribution >= 0.6 is 27.5 Å². The number of hydrogen-bond donors (Lipinski definition) is 0. The minimum absolute atomic E-state index is 0.325. The van der Waals surface area contributed by atoms with Crippen molar-refractivity contribution in [2.24, 2.45) is 0 Å². The van der Waals surface area contributed by atoms with E-state index in [4.69, 9.17) is 11.6 Å². The van der Waals surface area contributed by atoms with Gasteiger partial charge in [-0.05, 0) is 32.0 Å². The summed E-state index contributed by atoms with van der Waals surface area (Å²) in [7, 11) is 0. The molecule has 2 rings (SSSR count). The molecule has 14 heavy (non-hydrogen) atoms. The second-order valence-electron chi connectivity index (χ2n) is 3.49.